The highest BCUT2D eigenvalue weighted by atomic mass is 32.2. The van der Waals surface area contributed by atoms with Crippen LogP contribution in [0.1, 0.15) is 13.3 Å². The molecule has 1 N–H and O–H groups in total. The van der Waals surface area contributed by atoms with Crippen molar-refractivity contribution < 1.29 is 17.9 Å². The first-order valence-electron chi connectivity index (χ1n) is 4.95. The second-order valence-corrected chi connectivity index (χ2v) is 6.31. The first-order chi connectivity index (χ1) is 6.91. The number of hydrogen-bond acceptors (Lipinski definition) is 4. The van der Waals surface area contributed by atoms with E-state index >= 15 is 0 Å². The van der Waals surface area contributed by atoms with Gasteiger partial charge >= 0.3 is 0 Å². The summed E-state index contributed by atoms with van der Waals surface area (Å²) in [4.78, 5) is 11.4. The van der Waals surface area contributed by atoms with Gasteiger partial charge in [0.05, 0.1) is 6.61 Å². The quantitative estimate of drug-likeness (QED) is 0.718. The maximum atomic E-state index is 11.4. The summed E-state index contributed by atoms with van der Waals surface area (Å²) in [5.74, 6) is -0.106. The summed E-state index contributed by atoms with van der Waals surface area (Å²) < 4.78 is 27.3. The molecule has 0 aromatic carbocycles. The predicted octanol–water partition coefficient (Wildman–Crippen LogP) is -0.428. The van der Waals surface area contributed by atoms with Crippen molar-refractivity contribution >= 4 is 15.7 Å². The molecule has 1 heterocycles. The maximum absolute atomic E-state index is 11.4. The van der Waals surface area contributed by atoms with Crippen LogP contribution in [0.3, 0.4) is 0 Å². The summed E-state index contributed by atoms with van der Waals surface area (Å²) >= 11 is 0. The zero-order valence-corrected chi connectivity index (χ0v) is 9.84. The Kier molecular flexibility index (Phi) is 4.10. The molecule has 88 valence electrons. The SMILES string of the molecule is C[C@H](C(=O)NC[C@@H]1CCOC1)S(C)(=O)=O. The number of nitrogens with one attached hydrogen (secondary N) is 1. The van der Waals surface area contributed by atoms with E-state index in [4.69, 9.17) is 4.74 Å². The van der Waals surface area contributed by atoms with Crippen molar-refractivity contribution in [2.75, 3.05) is 26.0 Å². The third-order valence-electron chi connectivity index (χ3n) is 2.60. The molecule has 0 radical (unpaired) electrons. The van der Waals surface area contributed by atoms with Crippen molar-refractivity contribution in [3.63, 3.8) is 0 Å². The Morgan fingerprint density at radius 1 is 1.60 bits per heavy atom. The lowest BCUT2D eigenvalue weighted by atomic mass is 10.1. The Labute approximate surface area is 90.1 Å². The summed E-state index contributed by atoms with van der Waals surface area (Å²) in [5, 5.41) is 1.66. The normalized spacial score (nSPS) is 23.7. The van der Waals surface area contributed by atoms with E-state index < -0.39 is 21.0 Å². The van der Waals surface area contributed by atoms with E-state index in [1.165, 1.54) is 6.92 Å². The van der Waals surface area contributed by atoms with Gasteiger partial charge in [-0.1, -0.05) is 0 Å². The monoisotopic (exact) mass is 235 g/mol. The molecule has 6 heteroatoms. The molecule has 5 nitrogen and oxygen atoms in total. The fourth-order valence-electron chi connectivity index (χ4n) is 1.33. The standard InChI is InChI=1S/C9H17NO4S/c1-7(15(2,12)13)9(11)10-5-8-3-4-14-6-8/h7-8H,3-6H2,1-2H3,(H,10,11)/t7-,8+/m1/s1. The van der Waals surface area contributed by atoms with Crippen molar-refractivity contribution in [1.29, 1.82) is 0 Å². The van der Waals surface area contributed by atoms with Gasteiger partial charge in [0.15, 0.2) is 9.84 Å². The fourth-order valence-corrected chi connectivity index (χ4v) is 1.80. The third kappa shape index (κ3) is 3.79. The molecule has 1 rings (SSSR count). The van der Waals surface area contributed by atoms with Crippen molar-refractivity contribution in [1.82, 2.24) is 5.32 Å². The average molecular weight is 235 g/mol. The molecule has 0 unspecified atom stereocenters. The van der Waals surface area contributed by atoms with Crippen LogP contribution in [0, 0.1) is 5.92 Å². The van der Waals surface area contributed by atoms with Crippen LogP contribution in [0.15, 0.2) is 0 Å². The largest absolute Gasteiger partial charge is 0.381 e. The van der Waals surface area contributed by atoms with Crippen molar-refractivity contribution in [3.05, 3.63) is 0 Å². The number of amides is 1. The van der Waals surface area contributed by atoms with E-state index in [0.717, 1.165) is 19.3 Å². The van der Waals surface area contributed by atoms with Gasteiger partial charge in [0.25, 0.3) is 0 Å². The molecule has 2 atom stereocenters. The molecule has 0 aromatic heterocycles. The van der Waals surface area contributed by atoms with E-state index in [2.05, 4.69) is 5.32 Å². The molecule has 1 amide bonds. The molecule has 1 fully saturated rings. The van der Waals surface area contributed by atoms with Gasteiger partial charge in [-0.25, -0.2) is 8.42 Å². The molecule has 0 spiro atoms. The minimum atomic E-state index is -3.29. The van der Waals surface area contributed by atoms with Gasteiger partial charge in [0.1, 0.15) is 5.25 Å². The van der Waals surface area contributed by atoms with E-state index in [-0.39, 0.29) is 0 Å². The van der Waals surface area contributed by atoms with Gasteiger partial charge < -0.3 is 10.1 Å². The summed E-state index contributed by atoms with van der Waals surface area (Å²) in [5.41, 5.74) is 0. The van der Waals surface area contributed by atoms with Gasteiger partial charge in [0, 0.05) is 25.3 Å². The lowest BCUT2D eigenvalue weighted by Crippen LogP contribution is -2.39. The van der Waals surface area contributed by atoms with Crippen LogP contribution in [-0.2, 0) is 19.4 Å². The Bertz CT molecular complexity index is 319. The second-order valence-electron chi connectivity index (χ2n) is 3.95. The molecule has 15 heavy (non-hydrogen) atoms. The smallest absolute Gasteiger partial charge is 0.238 e. The molecule has 0 aromatic rings. The highest BCUT2D eigenvalue weighted by Gasteiger charge is 2.24. The number of rotatable bonds is 4. The van der Waals surface area contributed by atoms with Crippen molar-refractivity contribution in [3.8, 4) is 0 Å². The molecule has 0 bridgehead atoms. The highest BCUT2D eigenvalue weighted by Crippen LogP contribution is 2.10. The maximum Gasteiger partial charge on any atom is 0.238 e. The lowest BCUT2D eigenvalue weighted by molar-refractivity contribution is -0.120. The van der Waals surface area contributed by atoms with E-state index in [1.54, 1.807) is 0 Å². The van der Waals surface area contributed by atoms with Crippen molar-refractivity contribution in [2.45, 2.75) is 18.6 Å². The number of hydrogen-bond donors (Lipinski definition) is 1. The molecule has 0 aliphatic carbocycles. The number of sulfone groups is 1. The zero-order valence-electron chi connectivity index (χ0n) is 9.02. The summed E-state index contributed by atoms with van der Waals surface area (Å²) in [6, 6.07) is 0. The van der Waals surface area contributed by atoms with Crippen LogP contribution < -0.4 is 5.32 Å². The minimum absolute atomic E-state index is 0.320. The minimum Gasteiger partial charge on any atom is -0.381 e. The van der Waals surface area contributed by atoms with Crippen LogP contribution in [-0.4, -0.2) is 45.6 Å². The van der Waals surface area contributed by atoms with Gasteiger partial charge in [-0.15, -0.1) is 0 Å². The predicted molar refractivity (Wildman–Crippen MR) is 56.2 cm³/mol. The Morgan fingerprint density at radius 2 is 2.27 bits per heavy atom. The van der Waals surface area contributed by atoms with Gasteiger partial charge in [-0.2, -0.15) is 0 Å². The molecule has 1 saturated heterocycles. The van der Waals surface area contributed by atoms with Gasteiger partial charge in [-0.05, 0) is 13.3 Å². The lowest BCUT2D eigenvalue weighted by Gasteiger charge is -2.12. The number of carbonyl (C=O) groups is 1. The fraction of sp³-hybridized carbons (Fsp3) is 0.889. The number of carbonyl (C=O) groups excluding carboxylic acids is 1. The molecular weight excluding hydrogens is 218 g/mol. The van der Waals surface area contributed by atoms with Crippen LogP contribution in [0.2, 0.25) is 0 Å². The van der Waals surface area contributed by atoms with Gasteiger partial charge in [-0.3, -0.25) is 4.79 Å². The number of ether oxygens (including phenoxy) is 1. The van der Waals surface area contributed by atoms with Crippen LogP contribution in [0.25, 0.3) is 0 Å². The van der Waals surface area contributed by atoms with E-state index in [0.29, 0.717) is 19.1 Å². The third-order valence-corrected chi connectivity index (χ3v) is 4.10. The zero-order chi connectivity index (χ0) is 11.5. The summed E-state index contributed by atoms with van der Waals surface area (Å²) in [6.45, 7) is 3.27. The topological polar surface area (TPSA) is 72.5 Å². The Balaban J connectivity index is 2.35. The molecule has 1 aliphatic rings. The van der Waals surface area contributed by atoms with Crippen LogP contribution in [0.4, 0.5) is 0 Å². The Hall–Kier alpha value is -0.620. The summed E-state index contributed by atoms with van der Waals surface area (Å²) in [6.07, 6.45) is 1.99. The van der Waals surface area contributed by atoms with E-state index in [1.807, 2.05) is 0 Å². The van der Waals surface area contributed by atoms with Crippen LogP contribution >= 0.6 is 0 Å². The average Bonchev–Trinajstić information content (AvgIpc) is 2.63. The molecule has 1 aliphatic heterocycles. The van der Waals surface area contributed by atoms with Crippen LogP contribution in [0.5, 0.6) is 0 Å². The van der Waals surface area contributed by atoms with Crippen molar-refractivity contribution in [2.24, 2.45) is 5.92 Å². The molecule has 0 saturated carbocycles. The highest BCUT2D eigenvalue weighted by molar-refractivity contribution is 7.92. The first-order valence-corrected chi connectivity index (χ1v) is 6.91. The second kappa shape index (κ2) is 4.94. The summed E-state index contributed by atoms with van der Waals surface area (Å²) in [7, 11) is -3.29. The molecular formula is C9H17NO4S. The van der Waals surface area contributed by atoms with E-state index in [9.17, 15) is 13.2 Å². The van der Waals surface area contributed by atoms with Gasteiger partial charge in [0.2, 0.25) is 5.91 Å². The first kappa shape index (κ1) is 12.4. The Morgan fingerprint density at radius 3 is 2.73 bits per heavy atom.